The molecule has 0 unspecified atom stereocenters. The molecule has 0 aliphatic heterocycles. The van der Waals surface area contributed by atoms with Crippen LogP contribution >= 0.6 is 0 Å². The van der Waals surface area contributed by atoms with Gasteiger partial charge in [-0.2, -0.15) is 13.2 Å². The highest BCUT2D eigenvalue weighted by Crippen LogP contribution is 2.27. The second kappa shape index (κ2) is 7.21. The van der Waals surface area contributed by atoms with Gasteiger partial charge < -0.3 is 4.74 Å². The third-order valence-electron chi connectivity index (χ3n) is 2.40. The Hall–Kier alpha value is -1.29. The number of hydrogen-bond donors (Lipinski definition) is 0. The molecule has 0 radical (unpaired) electrons. The topological polar surface area (TPSA) is 9.23 Å². The van der Waals surface area contributed by atoms with Gasteiger partial charge in [0.05, 0.1) is 12.2 Å². The summed E-state index contributed by atoms with van der Waals surface area (Å²) in [7, 11) is 0. The quantitative estimate of drug-likeness (QED) is 0.685. The second-order valence-electron chi connectivity index (χ2n) is 3.98. The molecule has 0 spiro atoms. The number of rotatable bonds is 6. The zero-order valence-corrected chi connectivity index (χ0v) is 10.3. The summed E-state index contributed by atoms with van der Waals surface area (Å²) in [6.07, 6.45) is -1.53. The molecule has 100 valence electrons. The van der Waals surface area contributed by atoms with Gasteiger partial charge >= 0.3 is 6.18 Å². The van der Waals surface area contributed by atoms with Crippen LogP contribution in [-0.2, 0) is 4.74 Å². The summed E-state index contributed by atoms with van der Waals surface area (Å²) in [5.41, 5.74) is -0.117. The monoisotopic (exact) mass is 258 g/mol. The first kappa shape index (κ1) is 14.8. The fourth-order valence-electron chi connectivity index (χ4n) is 1.38. The van der Waals surface area contributed by atoms with Crippen LogP contribution < -0.4 is 0 Å². The first-order valence-electron chi connectivity index (χ1n) is 5.94. The van der Waals surface area contributed by atoms with Crippen molar-refractivity contribution in [3.05, 3.63) is 41.5 Å². The number of hydrogen-bond acceptors (Lipinski definition) is 1. The average Bonchev–Trinajstić information content (AvgIpc) is 2.33. The minimum absolute atomic E-state index is 0.360. The van der Waals surface area contributed by atoms with Crippen LogP contribution in [0.5, 0.6) is 0 Å². The summed E-state index contributed by atoms with van der Waals surface area (Å²) in [4.78, 5) is 0. The van der Waals surface area contributed by atoms with Gasteiger partial charge in [0, 0.05) is 6.61 Å². The zero-order chi connectivity index (χ0) is 13.4. The Bertz CT molecular complexity index is 368. The highest BCUT2D eigenvalue weighted by Gasteiger charge is 2.33. The lowest BCUT2D eigenvalue weighted by molar-refractivity contribution is -0.0994. The molecule has 0 aliphatic carbocycles. The van der Waals surface area contributed by atoms with E-state index in [-0.39, 0.29) is 0 Å². The minimum atomic E-state index is -4.35. The van der Waals surface area contributed by atoms with Gasteiger partial charge in [0.2, 0.25) is 0 Å². The smallest absolute Gasteiger partial charge is 0.377 e. The third kappa shape index (κ3) is 5.36. The molecule has 0 aromatic heterocycles. The van der Waals surface area contributed by atoms with Crippen LogP contribution in [0, 0.1) is 0 Å². The van der Waals surface area contributed by atoms with E-state index in [1.165, 1.54) is 0 Å². The van der Waals surface area contributed by atoms with Crippen LogP contribution in [0.2, 0.25) is 0 Å². The molecule has 0 saturated carbocycles. The summed E-state index contributed by atoms with van der Waals surface area (Å²) >= 11 is 0. The number of benzene rings is 1. The van der Waals surface area contributed by atoms with E-state index in [9.17, 15) is 13.2 Å². The van der Waals surface area contributed by atoms with Crippen LogP contribution in [0.3, 0.4) is 0 Å². The Morgan fingerprint density at radius 1 is 1.22 bits per heavy atom. The number of ether oxygens (including phenoxy) is 1. The van der Waals surface area contributed by atoms with E-state index in [4.69, 9.17) is 4.74 Å². The van der Waals surface area contributed by atoms with Gasteiger partial charge in [0.1, 0.15) is 0 Å². The zero-order valence-electron chi connectivity index (χ0n) is 10.3. The molecule has 18 heavy (non-hydrogen) atoms. The molecule has 0 amide bonds. The van der Waals surface area contributed by atoms with Gasteiger partial charge in [0.15, 0.2) is 0 Å². The van der Waals surface area contributed by atoms with Gasteiger partial charge in [-0.25, -0.2) is 0 Å². The van der Waals surface area contributed by atoms with Crippen molar-refractivity contribution in [3.63, 3.8) is 0 Å². The Labute approximate surface area is 105 Å². The van der Waals surface area contributed by atoms with E-state index in [0.29, 0.717) is 12.2 Å². The summed E-state index contributed by atoms with van der Waals surface area (Å²) in [6, 6.07) is 8.45. The van der Waals surface area contributed by atoms with Crippen LogP contribution in [0.4, 0.5) is 13.2 Å². The molecule has 0 bridgehead atoms. The van der Waals surface area contributed by atoms with E-state index < -0.39 is 18.4 Å². The number of halogens is 3. The lowest BCUT2D eigenvalue weighted by Gasteiger charge is -2.12. The van der Waals surface area contributed by atoms with Crippen molar-refractivity contribution < 1.29 is 17.9 Å². The molecule has 0 fully saturated rings. The SMILES string of the molecule is CCCCOC/C(=C\c1ccccc1)C(F)(F)F. The van der Waals surface area contributed by atoms with Gasteiger partial charge in [-0.1, -0.05) is 43.7 Å². The molecular weight excluding hydrogens is 241 g/mol. The van der Waals surface area contributed by atoms with Crippen LogP contribution in [0.15, 0.2) is 35.9 Å². The highest BCUT2D eigenvalue weighted by atomic mass is 19.4. The fraction of sp³-hybridized carbons (Fsp3) is 0.429. The van der Waals surface area contributed by atoms with Gasteiger partial charge in [-0.05, 0) is 18.1 Å². The van der Waals surface area contributed by atoms with Crippen molar-refractivity contribution in [2.75, 3.05) is 13.2 Å². The maximum atomic E-state index is 12.8. The Morgan fingerprint density at radius 2 is 1.89 bits per heavy atom. The van der Waals surface area contributed by atoms with Gasteiger partial charge in [-0.15, -0.1) is 0 Å². The van der Waals surface area contributed by atoms with Crippen molar-refractivity contribution in [2.24, 2.45) is 0 Å². The summed E-state index contributed by atoms with van der Waals surface area (Å²) in [5, 5.41) is 0. The predicted octanol–water partition coefficient (Wildman–Crippen LogP) is 4.45. The van der Waals surface area contributed by atoms with Crippen molar-refractivity contribution in [1.82, 2.24) is 0 Å². The van der Waals surface area contributed by atoms with E-state index in [0.717, 1.165) is 18.9 Å². The first-order valence-corrected chi connectivity index (χ1v) is 5.94. The van der Waals surface area contributed by atoms with E-state index in [1.807, 2.05) is 6.92 Å². The molecule has 1 rings (SSSR count). The number of alkyl halides is 3. The molecule has 1 nitrogen and oxygen atoms in total. The average molecular weight is 258 g/mol. The van der Waals surface area contributed by atoms with Crippen LogP contribution in [0.1, 0.15) is 25.3 Å². The third-order valence-corrected chi connectivity index (χ3v) is 2.40. The molecule has 0 atom stereocenters. The van der Waals surface area contributed by atoms with E-state index in [1.54, 1.807) is 30.3 Å². The lowest BCUT2D eigenvalue weighted by atomic mass is 10.1. The minimum Gasteiger partial charge on any atom is -0.377 e. The van der Waals surface area contributed by atoms with Gasteiger partial charge in [-0.3, -0.25) is 0 Å². The van der Waals surface area contributed by atoms with Crippen LogP contribution in [0.25, 0.3) is 6.08 Å². The van der Waals surface area contributed by atoms with Crippen molar-refractivity contribution in [3.8, 4) is 0 Å². The normalized spacial score (nSPS) is 12.8. The van der Waals surface area contributed by atoms with Crippen molar-refractivity contribution in [1.29, 1.82) is 0 Å². The Morgan fingerprint density at radius 3 is 2.44 bits per heavy atom. The number of unbranched alkanes of at least 4 members (excludes halogenated alkanes) is 1. The predicted molar refractivity (Wildman–Crippen MR) is 66.2 cm³/mol. The van der Waals surface area contributed by atoms with E-state index >= 15 is 0 Å². The molecule has 0 aliphatic rings. The summed E-state index contributed by atoms with van der Waals surface area (Å²) in [5.74, 6) is 0. The molecule has 1 aromatic rings. The largest absolute Gasteiger partial charge is 0.414 e. The molecule has 0 heterocycles. The maximum Gasteiger partial charge on any atom is 0.414 e. The molecule has 1 aromatic carbocycles. The molecule has 0 saturated heterocycles. The summed E-state index contributed by atoms with van der Waals surface area (Å²) in [6.45, 7) is 1.94. The van der Waals surface area contributed by atoms with E-state index in [2.05, 4.69) is 0 Å². The highest BCUT2D eigenvalue weighted by molar-refractivity contribution is 5.54. The molecule has 4 heteroatoms. The lowest BCUT2D eigenvalue weighted by Crippen LogP contribution is -2.17. The standard InChI is InChI=1S/C14H17F3O/c1-2-3-9-18-11-13(14(15,16)17)10-12-7-5-4-6-8-12/h4-8,10H,2-3,9,11H2,1H3/b13-10+. The maximum absolute atomic E-state index is 12.8. The second-order valence-corrected chi connectivity index (χ2v) is 3.98. The molecular formula is C14H17F3O. The van der Waals surface area contributed by atoms with Crippen molar-refractivity contribution in [2.45, 2.75) is 25.9 Å². The van der Waals surface area contributed by atoms with Crippen LogP contribution in [-0.4, -0.2) is 19.4 Å². The Kier molecular flexibility index (Phi) is 5.92. The Balaban J connectivity index is 2.70. The fourth-order valence-corrected chi connectivity index (χ4v) is 1.38. The first-order chi connectivity index (χ1) is 8.54. The molecule has 0 N–H and O–H groups in total. The van der Waals surface area contributed by atoms with Gasteiger partial charge in [0.25, 0.3) is 0 Å². The summed E-state index contributed by atoms with van der Waals surface area (Å²) < 4.78 is 43.3. The van der Waals surface area contributed by atoms with Crippen molar-refractivity contribution >= 4 is 6.08 Å².